The maximum absolute atomic E-state index is 6.01. The Hall–Kier alpha value is -2.87. The van der Waals surface area contributed by atoms with Crippen LogP contribution < -0.4 is 15.2 Å². The van der Waals surface area contributed by atoms with Gasteiger partial charge in [-0.3, -0.25) is 0 Å². The number of nitrogen functional groups attached to an aromatic ring is 1. The van der Waals surface area contributed by atoms with Crippen LogP contribution in [-0.2, 0) is 6.54 Å². The molecular weight excluding hydrogens is 368 g/mol. The summed E-state index contributed by atoms with van der Waals surface area (Å²) in [5, 5.41) is 0. The summed E-state index contributed by atoms with van der Waals surface area (Å²) in [6.45, 7) is 4.92. The molecule has 1 fully saturated rings. The van der Waals surface area contributed by atoms with Gasteiger partial charge in [-0.15, -0.1) is 0 Å². The Morgan fingerprint density at radius 1 is 1.07 bits per heavy atom. The molecule has 0 aliphatic carbocycles. The van der Waals surface area contributed by atoms with E-state index in [1.54, 1.807) is 13.4 Å². The summed E-state index contributed by atoms with van der Waals surface area (Å²) < 4.78 is 13.4. The molecule has 2 N–H and O–H groups in total. The topological polar surface area (TPSA) is 91.3 Å². The smallest absolute Gasteiger partial charge is 0.165 e. The minimum absolute atomic E-state index is 0.436. The van der Waals surface area contributed by atoms with Gasteiger partial charge in [0, 0.05) is 6.54 Å². The van der Waals surface area contributed by atoms with Gasteiger partial charge < -0.3 is 24.7 Å². The maximum Gasteiger partial charge on any atom is 0.165 e. The molecule has 1 saturated heterocycles. The van der Waals surface area contributed by atoms with Crippen LogP contribution >= 0.6 is 0 Å². The number of aromatic nitrogens is 4. The number of hydrogen-bond donors (Lipinski definition) is 1. The lowest BCUT2D eigenvalue weighted by molar-refractivity contribution is 0.137. The monoisotopic (exact) mass is 396 g/mol. The second-order valence-electron chi connectivity index (χ2n) is 7.47. The predicted octanol–water partition coefficient (Wildman–Crippen LogP) is 2.60. The molecule has 2 aromatic heterocycles. The Morgan fingerprint density at radius 3 is 2.66 bits per heavy atom. The number of imidazole rings is 1. The predicted molar refractivity (Wildman–Crippen MR) is 112 cm³/mol. The standard InChI is InChI=1S/C21H28N6O2/c1-28-17-5-2-3-6-18(17)29-13-16-7-11-26(12-8-16)9-4-10-27-15-25-19-20(22)23-14-24-21(19)27/h2-3,5-6,14-16H,4,7-13H2,1H3,(H2,22,23,24). The third kappa shape index (κ3) is 4.59. The van der Waals surface area contributed by atoms with Crippen molar-refractivity contribution in [1.29, 1.82) is 0 Å². The van der Waals surface area contributed by atoms with Crippen LogP contribution in [0.2, 0.25) is 0 Å². The number of ether oxygens (including phenoxy) is 2. The second kappa shape index (κ2) is 9.09. The first kappa shape index (κ1) is 19.4. The number of rotatable bonds is 8. The van der Waals surface area contributed by atoms with Crippen molar-refractivity contribution in [2.75, 3.05) is 39.1 Å². The molecule has 29 heavy (non-hydrogen) atoms. The average molecular weight is 396 g/mol. The van der Waals surface area contributed by atoms with Crippen LogP contribution in [0.3, 0.4) is 0 Å². The summed E-state index contributed by atoms with van der Waals surface area (Å²) in [5.41, 5.74) is 7.35. The summed E-state index contributed by atoms with van der Waals surface area (Å²) in [7, 11) is 1.68. The van der Waals surface area contributed by atoms with Gasteiger partial charge in [0.05, 0.1) is 20.0 Å². The first-order chi connectivity index (χ1) is 14.2. The molecule has 0 bridgehead atoms. The number of benzene rings is 1. The van der Waals surface area contributed by atoms with Crippen molar-refractivity contribution in [2.45, 2.75) is 25.8 Å². The SMILES string of the molecule is COc1ccccc1OCC1CCN(CCCn2cnc3c(N)ncnc32)CC1. The molecule has 3 aromatic rings. The summed E-state index contributed by atoms with van der Waals surface area (Å²) in [6, 6.07) is 7.83. The Bertz CT molecular complexity index is 936. The number of nitrogens with zero attached hydrogens (tertiary/aromatic N) is 5. The van der Waals surface area contributed by atoms with Crippen molar-refractivity contribution in [1.82, 2.24) is 24.4 Å². The van der Waals surface area contributed by atoms with Gasteiger partial charge in [-0.05, 0) is 56.9 Å². The Kier molecular flexibility index (Phi) is 6.09. The number of methoxy groups -OCH3 is 1. The van der Waals surface area contributed by atoms with Crippen LogP contribution in [0.5, 0.6) is 11.5 Å². The summed E-state index contributed by atoms with van der Waals surface area (Å²) >= 11 is 0. The lowest BCUT2D eigenvalue weighted by atomic mass is 9.97. The molecule has 3 heterocycles. The third-order valence-electron chi connectivity index (χ3n) is 5.55. The number of nitrogens with two attached hydrogens (primary N) is 1. The van der Waals surface area contributed by atoms with Crippen molar-refractivity contribution in [2.24, 2.45) is 5.92 Å². The van der Waals surface area contributed by atoms with Crippen molar-refractivity contribution < 1.29 is 9.47 Å². The van der Waals surface area contributed by atoms with E-state index in [-0.39, 0.29) is 0 Å². The Balaban J connectivity index is 1.19. The number of para-hydroxylation sites is 2. The molecule has 0 unspecified atom stereocenters. The molecule has 8 heteroatoms. The molecule has 0 saturated carbocycles. The number of likely N-dealkylation sites (tertiary alicyclic amines) is 1. The van der Waals surface area contributed by atoms with Crippen LogP contribution in [0.25, 0.3) is 11.2 Å². The van der Waals surface area contributed by atoms with E-state index in [2.05, 4.69) is 24.4 Å². The molecule has 0 amide bonds. The van der Waals surface area contributed by atoms with E-state index in [1.165, 1.54) is 6.33 Å². The van der Waals surface area contributed by atoms with Crippen molar-refractivity contribution in [3.63, 3.8) is 0 Å². The van der Waals surface area contributed by atoms with Gasteiger partial charge in [-0.25, -0.2) is 15.0 Å². The third-order valence-corrected chi connectivity index (χ3v) is 5.55. The number of hydrogen-bond acceptors (Lipinski definition) is 7. The Labute approximate surface area is 170 Å². The highest BCUT2D eigenvalue weighted by atomic mass is 16.5. The van der Waals surface area contributed by atoms with Crippen LogP contribution in [0.15, 0.2) is 36.9 Å². The van der Waals surface area contributed by atoms with E-state index < -0.39 is 0 Å². The van der Waals surface area contributed by atoms with Crippen LogP contribution in [0.1, 0.15) is 19.3 Å². The molecule has 154 valence electrons. The van der Waals surface area contributed by atoms with Gasteiger partial charge in [0.1, 0.15) is 11.8 Å². The average Bonchev–Trinajstić information content (AvgIpc) is 3.18. The highest BCUT2D eigenvalue weighted by molar-refractivity contribution is 5.81. The lowest BCUT2D eigenvalue weighted by Gasteiger charge is -2.31. The quantitative estimate of drug-likeness (QED) is 0.626. The molecule has 1 aliphatic rings. The second-order valence-corrected chi connectivity index (χ2v) is 7.47. The van der Waals surface area contributed by atoms with Crippen LogP contribution in [-0.4, -0.2) is 57.8 Å². The highest BCUT2D eigenvalue weighted by Crippen LogP contribution is 2.27. The van der Waals surface area contributed by atoms with Gasteiger partial charge in [-0.2, -0.15) is 0 Å². The fraction of sp³-hybridized carbons (Fsp3) is 0.476. The molecule has 0 atom stereocenters. The van der Waals surface area contributed by atoms with Crippen molar-refractivity contribution in [3.05, 3.63) is 36.9 Å². The molecule has 1 aromatic carbocycles. The molecule has 0 radical (unpaired) electrons. The van der Waals surface area contributed by atoms with Gasteiger partial charge in [0.2, 0.25) is 0 Å². The van der Waals surface area contributed by atoms with E-state index in [0.717, 1.165) is 69.2 Å². The molecular formula is C21H28N6O2. The van der Waals surface area contributed by atoms with E-state index in [9.17, 15) is 0 Å². The first-order valence-electron chi connectivity index (χ1n) is 10.1. The van der Waals surface area contributed by atoms with Crippen LogP contribution in [0.4, 0.5) is 5.82 Å². The largest absolute Gasteiger partial charge is 0.493 e. The van der Waals surface area contributed by atoms with E-state index >= 15 is 0 Å². The zero-order valence-corrected chi connectivity index (χ0v) is 16.8. The van der Waals surface area contributed by atoms with Gasteiger partial charge in [-0.1, -0.05) is 12.1 Å². The molecule has 4 rings (SSSR count). The van der Waals surface area contributed by atoms with Crippen molar-refractivity contribution >= 4 is 17.0 Å². The summed E-state index contributed by atoms with van der Waals surface area (Å²) in [4.78, 5) is 15.2. The van der Waals surface area contributed by atoms with E-state index in [1.807, 2.05) is 24.3 Å². The van der Waals surface area contributed by atoms with Gasteiger partial charge >= 0.3 is 0 Å². The number of fused-ring (bicyclic) bond motifs is 1. The molecule has 8 nitrogen and oxygen atoms in total. The van der Waals surface area contributed by atoms with Gasteiger partial charge in [0.15, 0.2) is 23.0 Å². The van der Waals surface area contributed by atoms with E-state index in [4.69, 9.17) is 15.2 Å². The van der Waals surface area contributed by atoms with Crippen LogP contribution in [0, 0.1) is 5.92 Å². The molecule has 1 aliphatic heterocycles. The highest BCUT2D eigenvalue weighted by Gasteiger charge is 2.20. The van der Waals surface area contributed by atoms with Gasteiger partial charge in [0.25, 0.3) is 0 Å². The lowest BCUT2D eigenvalue weighted by Crippen LogP contribution is -2.36. The number of aryl methyl sites for hydroxylation is 1. The number of anilines is 1. The minimum Gasteiger partial charge on any atom is -0.493 e. The normalized spacial score (nSPS) is 15.6. The number of piperidine rings is 1. The van der Waals surface area contributed by atoms with Crippen molar-refractivity contribution in [3.8, 4) is 11.5 Å². The summed E-state index contributed by atoms with van der Waals surface area (Å²) in [5.74, 6) is 2.65. The molecule has 0 spiro atoms. The zero-order valence-electron chi connectivity index (χ0n) is 16.8. The summed E-state index contributed by atoms with van der Waals surface area (Å²) in [6.07, 6.45) is 6.67. The maximum atomic E-state index is 6.01. The minimum atomic E-state index is 0.436. The zero-order chi connectivity index (χ0) is 20.1. The Morgan fingerprint density at radius 2 is 1.86 bits per heavy atom. The van der Waals surface area contributed by atoms with E-state index in [0.29, 0.717) is 17.3 Å². The fourth-order valence-corrected chi connectivity index (χ4v) is 3.85. The fourth-order valence-electron chi connectivity index (χ4n) is 3.85. The first-order valence-corrected chi connectivity index (χ1v) is 10.1.